The molecule has 1 heterocycles. The summed E-state index contributed by atoms with van der Waals surface area (Å²) in [7, 11) is 1.34. The average Bonchev–Trinajstić information content (AvgIpc) is 2.47. The van der Waals surface area contributed by atoms with Gasteiger partial charge in [-0.05, 0) is 25.5 Å². The van der Waals surface area contributed by atoms with Crippen molar-refractivity contribution in [1.82, 2.24) is 10.2 Å². The molecule has 1 aromatic carbocycles. The number of carbonyl (C=O) groups excluding carboxylic acids is 2. The lowest BCUT2D eigenvalue weighted by molar-refractivity contribution is -0.136. The number of amides is 2. The van der Waals surface area contributed by atoms with Gasteiger partial charge in [0.1, 0.15) is 0 Å². The monoisotopic (exact) mass is 352 g/mol. The van der Waals surface area contributed by atoms with Gasteiger partial charge in [-0.1, -0.05) is 34.1 Å². The van der Waals surface area contributed by atoms with Crippen LogP contribution in [0.4, 0.5) is 4.79 Å². The van der Waals surface area contributed by atoms with Crippen molar-refractivity contribution in [3.63, 3.8) is 0 Å². The highest BCUT2D eigenvalue weighted by Crippen LogP contribution is 2.34. The maximum absolute atomic E-state index is 12.2. The molecular weight excluding hydrogens is 336 g/mol. The van der Waals surface area contributed by atoms with E-state index in [0.717, 1.165) is 10.0 Å². The molecule has 6 heteroatoms. The summed E-state index contributed by atoms with van der Waals surface area (Å²) in [4.78, 5) is 25.9. The molecule has 1 aliphatic rings. The lowest BCUT2D eigenvalue weighted by Crippen LogP contribution is -2.47. The molecule has 0 spiro atoms. The first kappa shape index (κ1) is 15.6. The van der Waals surface area contributed by atoms with E-state index in [-0.39, 0.29) is 6.03 Å². The van der Waals surface area contributed by atoms with E-state index in [4.69, 9.17) is 4.74 Å². The van der Waals surface area contributed by atoms with Crippen molar-refractivity contribution < 1.29 is 14.3 Å². The molecule has 0 saturated carbocycles. The number of urea groups is 1. The number of hydrogen-bond acceptors (Lipinski definition) is 3. The van der Waals surface area contributed by atoms with Crippen LogP contribution in [0.25, 0.3) is 0 Å². The summed E-state index contributed by atoms with van der Waals surface area (Å²) < 4.78 is 5.72. The molecule has 0 unspecified atom stereocenters. The number of rotatable bonds is 3. The third kappa shape index (κ3) is 2.81. The molecule has 2 rings (SSSR count). The van der Waals surface area contributed by atoms with Crippen LogP contribution in [0.1, 0.15) is 25.5 Å². The van der Waals surface area contributed by atoms with Gasteiger partial charge in [0, 0.05) is 16.7 Å². The summed E-state index contributed by atoms with van der Waals surface area (Å²) in [5, 5.41) is 2.87. The molecule has 0 fully saturated rings. The van der Waals surface area contributed by atoms with Gasteiger partial charge in [0.25, 0.3) is 0 Å². The molecule has 0 aliphatic carbocycles. The first-order chi connectivity index (χ1) is 10.0. The Bertz CT molecular complexity index is 613. The van der Waals surface area contributed by atoms with Crippen LogP contribution in [0, 0.1) is 0 Å². The van der Waals surface area contributed by atoms with Crippen molar-refractivity contribution in [3.8, 4) is 0 Å². The van der Waals surface area contributed by atoms with Gasteiger partial charge in [0.05, 0.1) is 18.7 Å². The van der Waals surface area contributed by atoms with Gasteiger partial charge >= 0.3 is 12.0 Å². The van der Waals surface area contributed by atoms with E-state index in [1.807, 2.05) is 31.2 Å². The number of carbonyl (C=O) groups is 2. The third-order valence-corrected chi connectivity index (χ3v) is 4.26. The first-order valence-electron chi connectivity index (χ1n) is 6.62. The summed E-state index contributed by atoms with van der Waals surface area (Å²) >= 11 is 3.46. The molecule has 2 amide bonds. The highest BCUT2D eigenvalue weighted by atomic mass is 79.9. The first-order valence-corrected chi connectivity index (χ1v) is 7.42. The number of benzene rings is 1. The van der Waals surface area contributed by atoms with Crippen LogP contribution in [0.15, 0.2) is 40.0 Å². The quantitative estimate of drug-likeness (QED) is 0.850. The Morgan fingerprint density at radius 3 is 2.67 bits per heavy atom. The summed E-state index contributed by atoms with van der Waals surface area (Å²) in [6.45, 7) is 4.11. The van der Waals surface area contributed by atoms with Crippen molar-refractivity contribution in [2.45, 2.75) is 19.9 Å². The van der Waals surface area contributed by atoms with Gasteiger partial charge in [-0.15, -0.1) is 0 Å². The fourth-order valence-electron chi connectivity index (χ4n) is 2.48. The van der Waals surface area contributed by atoms with E-state index in [1.54, 1.807) is 6.92 Å². The van der Waals surface area contributed by atoms with Crippen LogP contribution in [0.2, 0.25) is 0 Å². The largest absolute Gasteiger partial charge is 0.466 e. The Balaban J connectivity index is 2.59. The number of nitrogens with one attached hydrogen (secondary N) is 1. The van der Waals surface area contributed by atoms with Gasteiger partial charge in [-0.2, -0.15) is 0 Å². The zero-order valence-corrected chi connectivity index (χ0v) is 13.7. The lowest BCUT2D eigenvalue weighted by atomic mass is 9.95. The smallest absolute Gasteiger partial charge is 0.337 e. The van der Waals surface area contributed by atoms with Crippen LogP contribution in [-0.2, 0) is 9.53 Å². The maximum atomic E-state index is 12.2. The second-order valence-corrected chi connectivity index (χ2v) is 5.49. The van der Waals surface area contributed by atoms with E-state index in [0.29, 0.717) is 17.8 Å². The topological polar surface area (TPSA) is 58.6 Å². The van der Waals surface area contributed by atoms with E-state index in [1.165, 1.54) is 12.0 Å². The number of allylic oxidation sites excluding steroid dienone is 1. The fraction of sp³-hybridized carbons (Fsp3) is 0.333. The third-order valence-electron chi connectivity index (χ3n) is 3.53. The molecule has 1 aromatic rings. The summed E-state index contributed by atoms with van der Waals surface area (Å²) in [6, 6.07) is 6.74. The van der Waals surface area contributed by atoms with Crippen LogP contribution in [0.3, 0.4) is 0 Å². The molecule has 21 heavy (non-hydrogen) atoms. The van der Waals surface area contributed by atoms with Crippen molar-refractivity contribution in [2.24, 2.45) is 0 Å². The second kappa shape index (κ2) is 6.30. The molecule has 5 nitrogen and oxygen atoms in total. The van der Waals surface area contributed by atoms with Gasteiger partial charge in [0.2, 0.25) is 0 Å². The molecule has 0 bridgehead atoms. The Hall–Kier alpha value is -1.82. The predicted molar refractivity (Wildman–Crippen MR) is 82.5 cm³/mol. The number of hydrogen-bond donors (Lipinski definition) is 1. The standard InChI is InChI=1S/C15H17BrN2O3/c1-4-18-9(2)12(14(19)21-3)13(17-15(18)20)10-7-5-6-8-11(10)16/h5-8,13H,4H2,1-3H3,(H,17,20)/t13-/m0/s1. The van der Waals surface area contributed by atoms with Gasteiger partial charge in [0.15, 0.2) is 0 Å². The second-order valence-electron chi connectivity index (χ2n) is 4.64. The Morgan fingerprint density at radius 1 is 1.43 bits per heavy atom. The van der Waals surface area contributed by atoms with Crippen LogP contribution in [-0.4, -0.2) is 30.6 Å². The maximum Gasteiger partial charge on any atom is 0.337 e. The van der Waals surface area contributed by atoms with Crippen molar-refractivity contribution in [1.29, 1.82) is 0 Å². The Morgan fingerprint density at radius 2 is 2.10 bits per heavy atom. The molecule has 0 aromatic heterocycles. The number of nitrogens with zero attached hydrogens (tertiary/aromatic N) is 1. The zero-order valence-electron chi connectivity index (χ0n) is 12.1. The molecule has 1 aliphatic heterocycles. The Labute approximate surface area is 132 Å². The van der Waals surface area contributed by atoms with Crippen molar-refractivity contribution in [3.05, 3.63) is 45.6 Å². The lowest BCUT2D eigenvalue weighted by Gasteiger charge is -2.35. The minimum absolute atomic E-state index is 0.219. The Kier molecular flexibility index (Phi) is 4.67. The number of methoxy groups -OCH3 is 1. The van der Waals surface area contributed by atoms with Gasteiger partial charge < -0.3 is 10.1 Å². The number of halogens is 1. The molecule has 0 radical (unpaired) electrons. The zero-order chi connectivity index (χ0) is 15.6. The molecule has 112 valence electrons. The van der Waals surface area contributed by atoms with Crippen LogP contribution >= 0.6 is 15.9 Å². The van der Waals surface area contributed by atoms with Crippen LogP contribution < -0.4 is 5.32 Å². The fourth-order valence-corrected chi connectivity index (χ4v) is 2.99. The van der Waals surface area contributed by atoms with Crippen molar-refractivity contribution >= 4 is 27.9 Å². The summed E-state index contributed by atoms with van der Waals surface area (Å²) in [5.41, 5.74) is 1.89. The van der Waals surface area contributed by atoms with Crippen LogP contribution in [0.5, 0.6) is 0 Å². The minimum atomic E-state index is -0.525. The summed E-state index contributed by atoms with van der Waals surface area (Å²) in [5.74, 6) is -0.438. The van der Waals surface area contributed by atoms with Crippen molar-refractivity contribution in [2.75, 3.05) is 13.7 Å². The predicted octanol–water partition coefficient (Wildman–Crippen LogP) is 2.98. The van der Waals surface area contributed by atoms with Gasteiger partial charge in [-0.25, -0.2) is 9.59 Å². The SMILES string of the molecule is CCN1C(=O)N[C@@H](c2ccccc2Br)C(C(=O)OC)=C1C. The molecule has 1 N–H and O–H groups in total. The summed E-state index contributed by atoms with van der Waals surface area (Å²) in [6.07, 6.45) is 0. The molecular formula is C15H17BrN2O3. The highest BCUT2D eigenvalue weighted by molar-refractivity contribution is 9.10. The molecule has 0 saturated heterocycles. The van der Waals surface area contributed by atoms with E-state index < -0.39 is 12.0 Å². The molecule has 1 atom stereocenters. The normalized spacial score (nSPS) is 18.6. The number of esters is 1. The van der Waals surface area contributed by atoms with E-state index in [9.17, 15) is 9.59 Å². The average molecular weight is 353 g/mol. The highest BCUT2D eigenvalue weighted by Gasteiger charge is 2.36. The van der Waals surface area contributed by atoms with Gasteiger partial charge in [-0.3, -0.25) is 4.90 Å². The minimum Gasteiger partial charge on any atom is -0.466 e. The van der Waals surface area contributed by atoms with E-state index >= 15 is 0 Å². The number of ether oxygens (including phenoxy) is 1. The van der Waals surface area contributed by atoms with E-state index in [2.05, 4.69) is 21.2 Å².